The van der Waals surface area contributed by atoms with E-state index in [1.165, 1.54) is 18.2 Å². The van der Waals surface area contributed by atoms with Gasteiger partial charge in [-0.3, -0.25) is 0 Å². The first-order valence-corrected chi connectivity index (χ1v) is 6.41. The largest absolute Gasteiger partial charge is 0.447 e. The molecule has 0 saturated carbocycles. The molecule has 112 valence electrons. The lowest BCUT2D eigenvalue weighted by Gasteiger charge is -2.09. The van der Waals surface area contributed by atoms with Gasteiger partial charge in [0, 0.05) is 29.1 Å². The lowest BCUT2D eigenvalue weighted by Crippen LogP contribution is -2.28. The highest BCUT2D eigenvalue weighted by Gasteiger charge is 2.22. The molecule has 1 aliphatic rings. The smallest absolute Gasteiger partial charge is 0.407 e. The maximum absolute atomic E-state index is 11.5. The van der Waals surface area contributed by atoms with Gasteiger partial charge in [-0.15, -0.1) is 0 Å². The summed E-state index contributed by atoms with van der Waals surface area (Å²) in [5.41, 5.74) is 0.282. The van der Waals surface area contributed by atoms with Crippen LogP contribution in [0.1, 0.15) is 22.1 Å². The molecular weight excluding hydrogens is 266 g/mol. The van der Waals surface area contributed by atoms with Gasteiger partial charge in [0.05, 0.1) is 11.5 Å². The number of benzene rings is 1. The molecule has 0 spiro atoms. The summed E-state index contributed by atoms with van der Waals surface area (Å²) < 4.78 is 70.0. The number of amides is 1. The lowest BCUT2D eigenvalue weighted by molar-refractivity contribution is 0.177. The Bertz CT molecular complexity index is 974. The van der Waals surface area contributed by atoms with Crippen molar-refractivity contribution in [2.24, 2.45) is 0 Å². The number of aromatic amines is 1. The molecule has 1 fully saturated rings. The van der Waals surface area contributed by atoms with Gasteiger partial charge in [0.1, 0.15) is 6.56 Å². The number of ether oxygens (including phenoxy) is 1. The molecule has 0 bridgehead atoms. The van der Waals surface area contributed by atoms with Crippen LogP contribution in [0.25, 0.3) is 10.9 Å². The van der Waals surface area contributed by atoms with Crippen molar-refractivity contribution in [3.8, 4) is 0 Å². The number of nitrogens with zero attached hydrogens (tertiary/aromatic N) is 1. The summed E-state index contributed by atoms with van der Waals surface area (Å²) in [4.78, 5) is 15.9. The third-order valence-corrected chi connectivity index (χ3v) is 2.93. The van der Waals surface area contributed by atoms with E-state index in [2.05, 4.69) is 9.72 Å². The second-order valence-corrected chi connectivity index (χ2v) is 4.92. The van der Waals surface area contributed by atoms with Crippen LogP contribution in [0.15, 0.2) is 24.4 Å². The molecule has 3 rings (SSSR count). The average molecular weight is 295 g/mol. The first kappa shape index (κ1) is 7.31. The number of carbonyl (C=O) groups is 1. The molecule has 1 atom stereocenters. The number of hydrogen-bond acceptors (Lipinski definition) is 3. The zero-order valence-electron chi connectivity index (χ0n) is 19.7. The van der Waals surface area contributed by atoms with E-state index >= 15 is 0 Å². The number of rotatable bonds is 5. The summed E-state index contributed by atoms with van der Waals surface area (Å²) >= 11 is 0. The number of aromatic nitrogens is 1. The van der Waals surface area contributed by atoms with Crippen molar-refractivity contribution in [1.82, 2.24) is 15.2 Å². The Labute approximate surface area is 135 Å². The van der Waals surface area contributed by atoms with Gasteiger partial charge in [-0.05, 0) is 50.1 Å². The minimum absolute atomic E-state index is 0.0161. The summed E-state index contributed by atoms with van der Waals surface area (Å²) in [7, 11) is 3.38. The number of carbonyl (C=O) groups excluding carboxylic acids is 1. The van der Waals surface area contributed by atoms with E-state index in [1.54, 1.807) is 19.0 Å². The lowest BCUT2D eigenvalue weighted by atomic mass is 10.0. The second kappa shape index (κ2) is 5.77. The van der Waals surface area contributed by atoms with Crippen molar-refractivity contribution in [3.63, 3.8) is 0 Å². The summed E-state index contributed by atoms with van der Waals surface area (Å²) in [5.74, 6) is 0. The zero-order valence-corrected chi connectivity index (χ0v) is 11.7. The van der Waals surface area contributed by atoms with Crippen LogP contribution in [0.5, 0.6) is 0 Å². The molecular formula is C16H21N3O2. The molecule has 1 aliphatic heterocycles. The van der Waals surface area contributed by atoms with Crippen LogP contribution in [0.4, 0.5) is 4.79 Å². The number of cyclic esters (lactones) is 1. The number of likely N-dealkylation sites (N-methyl/N-ethyl adjacent to an activating group) is 1. The fourth-order valence-corrected chi connectivity index (χ4v) is 1.96. The Balaban J connectivity index is 2.17. The summed E-state index contributed by atoms with van der Waals surface area (Å²) in [6.45, 7) is -2.96. The molecule has 2 aromatic rings. The van der Waals surface area contributed by atoms with E-state index in [0.717, 1.165) is 0 Å². The third kappa shape index (κ3) is 3.19. The van der Waals surface area contributed by atoms with Crippen LogP contribution >= 0.6 is 0 Å². The number of hydrogen-bond donors (Lipinski definition) is 2. The third-order valence-electron chi connectivity index (χ3n) is 2.93. The summed E-state index contributed by atoms with van der Waals surface area (Å²) in [6, 6.07) is 1.25. The maximum Gasteiger partial charge on any atom is 0.407 e. The van der Waals surface area contributed by atoms with Gasteiger partial charge in [-0.25, -0.2) is 4.79 Å². The van der Waals surface area contributed by atoms with Crippen LogP contribution < -0.4 is 5.32 Å². The molecule has 1 aromatic carbocycles. The first-order valence-electron chi connectivity index (χ1n) is 10.4. The topological polar surface area (TPSA) is 57.4 Å². The molecule has 0 radical (unpaired) electrons. The van der Waals surface area contributed by atoms with Crippen molar-refractivity contribution >= 4 is 17.0 Å². The zero-order chi connectivity index (χ0) is 22.0. The van der Waals surface area contributed by atoms with Crippen LogP contribution in [-0.2, 0) is 17.5 Å². The Kier molecular flexibility index (Phi) is 2.01. The highest BCUT2D eigenvalue weighted by molar-refractivity contribution is 5.84. The van der Waals surface area contributed by atoms with Crippen molar-refractivity contribution in [1.29, 1.82) is 0 Å². The number of nitrogens with one attached hydrogen (secondary N) is 2. The molecule has 21 heavy (non-hydrogen) atoms. The molecule has 1 amide bonds. The standard InChI is InChI=1S/C16H21N3O2/c1-19(2)6-5-12-9-17-15-4-3-11(8-14(12)15)7-13-10-21-16(20)18-13/h3-4,8-9,13,17H,5-7,10H2,1-2H3,(H,18,20)/t13-/m0/s1/i5D2,7D2,9D,10D2,13D. The van der Waals surface area contributed by atoms with Gasteiger partial charge in [0.2, 0.25) is 0 Å². The molecule has 0 unspecified atom stereocenters. The average Bonchev–Trinajstić information content (AvgIpc) is 2.98. The molecule has 5 nitrogen and oxygen atoms in total. The minimum atomic E-state index is -2.94. The normalized spacial score (nSPS) is 31.1. The van der Waals surface area contributed by atoms with Gasteiger partial charge in [0.15, 0.2) is 0 Å². The van der Waals surface area contributed by atoms with Crippen LogP contribution in [0.2, 0.25) is 0 Å². The number of H-pyrrole nitrogens is 1. The van der Waals surface area contributed by atoms with E-state index in [4.69, 9.17) is 11.0 Å². The van der Waals surface area contributed by atoms with E-state index in [0.29, 0.717) is 5.52 Å². The fraction of sp³-hybridized carbons (Fsp3) is 0.438. The van der Waals surface area contributed by atoms with Gasteiger partial charge in [-0.2, -0.15) is 0 Å². The predicted octanol–water partition coefficient (Wildman–Crippen LogP) is 1.92. The number of fused-ring (bicyclic) bond motifs is 1. The molecule has 2 heterocycles. The monoisotopic (exact) mass is 295 g/mol. The Morgan fingerprint density at radius 2 is 2.48 bits per heavy atom. The predicted molar refractivity (Wildman–Crippen MR) is 82.5 cm³/mol. The minimum Gasteiger partial charge on any atom is -0.447 e. The van der Waals surface area contributed by atoms with Crippen molar-refractivity contribution in [2.75, 3.05) is 27.2 Å². The first-order chi connectivity index (χ1) is 13.1. The fourth-order valence-electron chi connectivity index (χ4n) is 1.96. The molecule has 1 saturated heterocycles. The molecule has 2 N–H and O–H groups in total. The number of alkyl carbamates (subject to hydrolysis) is 1. The van der Waals surface area contributed by atoms with Crippen LogP contribution in [0.3, 0.4) is 0 Å². The highest BCUT2D eigenvalue weighted by atomic mass is 16.6. The van der Waals surface area contributed by atoms with Crippen LogP contribution in [-0.4, -0.2) is 49.2 Å². The van der Waals surface area contributed by atoms with Crippen molar-refractivity contribution < 1.29 is 20.5 Å². The van der Waals surface area contributed by atoms with Gasteiger partial charge < -0.3 is 19.9 Å². The molecule has 5 heteroatoms. The maximum atomic E-state index is 11.5. The van der Waals surface area contributed by atoms with Gasteiger partial charge in [-0.1, -0.05) is 6.07 Å². The van der Waals surface area contributed by atoms with Gasteiger partial charge >= 0.3 is 6.09 Å². The Morgan fingerprint density at radius 3 is 3.19 bits per heavy atom. The quantitative estimate of drug-likeness (QED) is 0.886. The highest BCUT2D eigenvalue weighted by Crippen LogP contribution is 2.21. The second-order valence-electron chi connectivity index (χ2n) is 4.92. The van der Waals surface area contributed by atoms with Crippen molar-refractivity contribution in [2.45, 2.75) is 18.8 Å². The Hall–Kier alpha value is -2.01. The Morgan fingerprint density at radius 1 is 1.62 bits per heavy atom. The van der Waals surface area contributed by atoms with E-state index in [-0.39, 0.29) is 29.2 Å². The summed E-state index contributed by atoms with van der Waals surface area (Å²) in [6.07, 6.45) is -6.06. The van der Waals surface area contributed by atoms with Gasteiger partial charge in [0.25, 0.3) is 0 Å². The summed E-state index contributed by atoms with van der Waals surface area (Å²) in [5, 5.41) is 2.16. The van der Waals surface area contributed by atoms with Crippen molar-refractivity contribution in [3.05, 3.63) is 35.5 Å². The van der Waals surface area contributed by atoms with E-state index in [9.17, 15) is 4.79 Å². The van der Waals surface area contributed by atoms with E-state index in [1.807, 2.05) is 5.32 Å². The SMILES string of the molecule is [2H]c1[nH]c2ccc(C([2H])([2H])[C@]3([2H])NC(=O)OC3([2H])[2H])cc2c1C([2H])([2H])CN(C)C. The van der Waals surface area contributed by atoms with E-state index < -0.39 is 31.4 Å². The molecule has 1 aromatic heterocycles. The molecule has 0 aliphatic carbocycles. The van der Waals surface area contributed by atoms with Crippen LogP contribution in [0, 0.1) is 0 Å².